The van der Waals surface area contributed by atoms with Crippen molar-refractivity contribution >= 4 is 28.6 Å². The number of carboxylic acids is 1. The summed E-state index contributed by atoms with van der Waals surface area (Å²) in [5.41, 5.74) is -1.14. The molecule has 1 saturated heterocycles. The summed E-state index contributed by atoms with van der Waals surface area (Å²) >= 11 is 5.65. The third-order valence-corrected chi connectivity index (χ3v) is 8.35. The summed E-state index contributed by atoms with van der Waals surface area (Å²) in [6.07, 6.45) is -4.09. The molecule has 45 heavy (non-hydrogen) atoms. The van der Waals surface area contributed by atoms with Gasteiger partial charge in [0, 0.05) is 18.2 Å². The first-order chi connectivity index (χ1) is 21.3. The molecule has 0 spiro atoms. The first kappa shape index (κ1) is 31.1. The number of rotatable bonds is 8. The summed E-state index contributed by atoms with van der Waals surface area (Å²) < 4.78 is 98.3. The molecule has 0 unspecified atom stereocenters. The number of carboxylic acid groups (broad SMARTS) is 1. The van der Waals surface area contributed by atoms with E-state index in [-0.39, 0.29) is 46.4 Å². The average Bonchev–Trinajstić information content (AvgIpc) is 3.28. The molecule has 4 heterocycles. The fourth-order valence-corrected chi connectivity index (χ4v) is 5.81. The fraction of sp³-hybridized carbons (Fsp3) is 0.367. The van der Waals surface area contributed by atoms with Gasteiger partial charge in [0.25, 0.3) is 0 Å². The Labute approximate surface area is 257 Å². The number of aromatic carboxylic acids is 1. The number of aromatic nitrogens is 3. The lowest BCUT2D eigenvalue weighted by Crippen LogP contribution is -2.36. The Balaban J connectivity index is 1.33. The van der Waals surface area contributed by atoms with Crippen LogP contribution in [0.5, 0.6) is 5.88 Å². The van der Waals surface area contributed by atoms with Gasteiger partial charge in [-0.2, -0.15) is 13.2 Å². The number of benzene rings is 2. The zero-order chi connectivity index (χ0) is 32.2. The molecular formula is C30H25ClF6N4O4. The highest BCUT2D eigenvalue weighted by Gasteiger charge is 2.39. The molecule has 2 aliphatic rings. The molecule has 15 heteroatoms. The predicted molar refractivity (Wildman–Crippen MR) is 148 cm³/mol. The number of carbonyl (C=O) groups is 1. The van der Waals surface area contributed by atoms with Gasteiger partial charge < -0.3 is 19.1 Å². The van der Waals surface area contributed by atoms with Crippen molar-refractivity contribution in [1.29, 1.82) is 0 Å². The lowest BCUT2D eigenvalue weighted by atomic mass is 9.97. The Morgan fingerprint density at radius 1 is 1.11 bits per heavy atom. The van der Waals surface area contributed by atoms with Gasteiger partial charge in [0.15, 0.2) is 5.82 Å². The number of hydrogen-bond acceptors (Lipinski definition) is 6. The largest absolute Gasteiger partial charge is 0.478 e. The molecule has 0 saturated carbocycles. The van der Waals surface area contributed by atoms with Gasteiger partial charge in [-0.25, -0.2) is 27.9 Å². The first-order valence-electron chi connectivity index (χ1n) is 13.9. The smallest absolute Gasteiger partial charge is 0.421 e. The van der Waals surface area contributed by atoms with E-state index in [1.807, 2.05) is 4.90 Å². The summed E-state index contributed by atoms with van der Waals surface area (Å²) in [5, 5.41) is 9.25. The van der Waals surface area contributed by atoms with Crippen LogP contribution in [-0.2, 0) is 37.0 Å². The molecule has 0 amide bonds. The van der Waals surface area contributed by atoms with Crippen molar-refractivity contribution < 1.29 is 45.7 Å². The highest BCUT2D eigenvalue weighted by molar-refractivity contribution is 6.30. The summed E-state index contributed by atoms with van der Waals surface area (Å²) in [5.74, 6) is -4.67. The van der Waals surface area contributed by atoms with Crippen LogP contribution in [-0.4, -0.2) is 49.8 Å². The molecule has 2 aliphatic heterocycles. The number of ether oxygens (including phenoxy) is 2. The predicted octanol–water partition coefficient (Wildman–Crippen LogP) is 6.71. The van der Waals surface area contributed by atoms with E-state index in [1.165, 1.54) is 6.07 Å². The Hall–Kier alpha value is -3.88. The Bertz CT molecular complexity index is 1790. The maximum Gasteiger partial charge on any atom is 0.421 e. The second-order valence-corrected chi connectivity index (χ2v) is 11.4. The average molecular weight is 655 g/mol. The van der Waals surface area contributed by atoms with Crippen LogP contribution in [0.3, 0.4) is 0 Å². The van der Waals surface area contributed by atoms with Crippen LogP contribution in [0.15, 0.2) is 30.3 Å². The molecule has 1 fully saturated rings. The lowest BCUT2D eigenvalue weighted by molar-refractivity contribution is -0.139. The summed E-state index contributed by atoms with van der Waals surface area (Å²) in [7, 11) is 0. The molecule has 4 aromatic rings. The lowest BCUT2D eigenvalue weighted by Gasteiger charge is -2.35. The van der Waals surface area contributed by atoms with Gasteiger partial charge in [0.05, 0.1) is 47.6 Å². The number of fused-ring (bicyclic) bond motifs is 2. The Morgan fingerprint density at radius 3 is 2.44 bits per heavy atom. The van der Waals surface area contributed by atoms with E-state index in [9.17, 15) is 36.2 Å². The molecule has 238 valence electrons. The van der Waals surface area contributed by atoms with Crippen LogP contribution in [0.1, 0.15) is 58.0 Å². The van der Waals surface area contributed by atoms with Crippen LogP contribution >= 0.6 is 11.6 Å². The number of hydrogen-bond donors (Lipinski definition) is 1. The van der Waals surface area contributed by atoms with Gasteiger partial charge in [-0.05, 0) is 55.7 Å². The summed E-state index contributed by atoms with van der Waals surface area (Å²) in [6.45, 7) is 2.17. The zero-order valence-electron chi connectivity index (χ0n) is 23.6. The summed E-state index contributed by atoms with van der Waals surface area (Å²) in [4.78, 5) is 22.2. The third-order valence-electron chi connectivity index (χ3n) is 8.13. The van der Waals surface area contributed by atoms with E-state index < -0.39 is 59.3 Å². The van der Waals surface area contributed by atoms with Crippen LogP contribution in [0.2, 0.25) is 5.02 Å². The highest BCUT2D eigenvalue weighted by atomic mass is 35.5. The number of alkyl halides is 3. The van der Waals surface area contributed by atoms with Crippen LogP contribution in [0, 0.1) is 17.5 Å². The topological polar surface area (TPSA) is 89.7 Å². The normalized spacial score (nSPS) is 18.6. The maximum atomic E-state index is 15.0. The van der Waals surface area contributed by atoms with Gasteiger partial charge in [0.1, 0.15) is 35.1 Å². The third kappa shape index (κ3) is 6.06. The molecule has 2 aromatic carbocycles. The standard InChI is InChI=1S/C30H25ClF6N4O4/c1-14-26-15(6-20(30(35,36)37)28(39-26)45-13-19-21(32)9-17(31)10-22(19)33)2-4-40(14)12-25-38-27-23(34)7-16(29(42)43)8-24(27)41(25)11-18-3-5-44-18/h6-10,14,18H,2-5,11-13H2,1H3,(H,42,43)/t14-,18-/m0/s1. The van der Waals surface area contributed by atoms with Crippen LogP contribution in [0.25, 0.3) is 11.0 Å². The number of pyridine rings is 1. The first-order valence-corrected chi connectivity index (χ1v) is 14.3. The zero-order valence-corrected chi connectivity index (χ0v) is 24.4. The minimum atomic E-state index is -4.86. The van der Waals surface area contributed by atoms with E-state index in [4.69, 9.17) is 21.1 Å². The number of nitrogens with zero attached hydrogens (tertiary/aromatic N) is 4. The van der Waals surface area contributed by atoms with Crippen molar-refractivity contribution in [2.75, 3.05) is 13.2 Å². The highest BCUT2D eigenvalue weighted by Crippen LogP contribution is 2.40. The quantitative estimate of drug-likeness (QED) is 0.211. The monoisotopic (exact) mass is 654 g/mol. The molecular weight excluding hydrogens is 630 g/mol. The van der Waals surface area contributed by atoms with Crippen LogP contribution in [0.4, 0.5) is 26.3 Å². The fourth-order valence-electron chi connectivity index (χ4n) is 5.61. The second kappa shape index (κ2) is 11.8. The van der Waals surface area contributed by atoms with Gasteiger partial charge in [0.2, 0.25) is 5.88 Å². The van der Waals surface area contributed by atoms with E-state index in [0.717, 1.165) is 30.7 Å². The van der Waals surface area contributed by atoms with Gasteiger partial charge >= 0.3 is 12.1 Å². The van der Waals surface area contributed by atoms with E-state index in [1.54, 1.807) is 11.5 Å². The van der Waals surface area contributed by atoms with Gasteiger partial charge in [-0.3, -0.25) is 4.90 Å². The minimum absolute atomic E-state index is 0.00956. The minimum Gasteiger partial charge on any atom is -0.478 e. The van der Waals surface area contributed by atoms with Crippen molar-refractivity contribution in [2.45, 2.75) is 57.8 Å². The molecule has 8 nitrogen and oxygen atoms in total. The Kier molecular flexibility index (Phi) is 8.16. The van der Waals surface area contributed by atoms with Gasteiger partial charge in [-0.15, -0.1) is 0 Å². The SMILES string of the molecule is C[C@H]1c2nc(OCc3c(F)cc(Cl)cc3F)c(C(F)(F)F)cc2CCN1Cc1nc2c(F)cc(C(=O)O)cc2n1C[C@@H]1CCO1. The molecule has 2 aromatic heterocycles. The van der Waals surface area contributed by atoms with Gasteiger partial charge in [-0.1, -0.05) is 11.6 Å². The molecule has 0 aliphatic carbocycles. The molecule has 1 N–H and O–H groups in total. The van der Waals surface area contributed by atoms with Crippen molar-refractivity contribution in [3.8, 4) is 5.88 Å². The van der Waals surface area contributed by atoms with Crippen LogP contribution < -0.4 is 4.74 Å². The van der Waals surface area contributed by atoms with E-state index in [2.05, 4.69) is 9.97 Å². The maximum absolute atomic E-state index is 15.0. The molecule has 6 rings (SSSR count). The number of halogens is 7. The van der Waals surface area contributed by atoms with E-state index >= 15 is 0 Å². The second-order valence-electron chi connectivity index (χ2n) is 11.0. The van der Waals surface area contributed by atoms with E-state index in [0.29, 0.717) is 31.1 Å². The Morgan fingerprint density at radius 2 is 1.82 bits per heavy atom. The molecule has 2 atom stereocenters. The molecule has 0 radical (unpaired) electrons. The van der Waals surface area contributed by atoms with Crippen molar-refractivity contribution in [2.24, 2.45) is 0 Å². The number of imidazole rings is 1. The van der Waals surface area contributed by atoms with Crippen molar-refractivity contribution in [3.63, 3.8) is 0 Å². The van der Waals surface area contributed by atoms with Crippen molar-refractivity contribution in [1.82, 2.24) is 19.4 Å². The summed E-state index contributed by atoms with van der Waals surface area (Å²) in [6, 6.07) is 4.26. The van der Waals surface area contributed by atoms with Crippen molar-refractivity contribution in [3.05, 3.63) is 86.6 Å². The molecule has 0 bridgehead atoms.